The lowest BCUT2D eigenvalue weighted by atomic mass is 10.2. The zero-order chi connectivity index (χ0) is 11.4. The quantitative estimate of drug-likeness (QED) is 0.714. The topological polar surface area (TPSA) is 29.5 Å². The first-order chi connectivity index (χ1) is 7.07. The molecule has 0 saturated carbocycles. The van der Waals surface area contributed by atoms with Crippen molar-refractivity contribution in [2.45, 2.75) is 46.3 Å². The third-order valence-electron chi connectivity index (χ3n) is 2.32. The van der Waals surface area contributed by atoms with Gasteiger partial charge in [-0.15, -0.1) is 0 Å². The molecule has 1 amide bonds. The summed E-state index contributed by atoms with van der Waals surface area (Å²) in [5.41, 5.74) is 0.944. The Hall–Kier alpha value is -1.25. The molecule has 1 heterocycles. The summed E-state index contributed by atoms with van der Waals surface area (Å²) in [6.45, 7) is 7.94. The average Bonchev–Trinajstić information content (AvgIpc) is 2.42. The Kier molecular flexibility index (Phi) is 3.95. The highest BCUT2D eigenvalue weighted by atomic mass is 16.6. The van der Waals surface area contributed by atoms with Gasteiger partial charge in [-0.1, -0.05) is 19.1 Å². The Morgan fingerprint density at radius 1 is 1.53 bits per heavy atom. The van der Waals surface area contributed by atoms with Crippen LogP contribution in [0.5, 0.6) is 0 Å². The van der Waals surface area contributed by atoms with Gasteiger partial charge in [0, 0.05) is 6.04 Å². The largest absolute Gasteiger partial charge is 0.440 e. The molecule has 1 aliphatic heterocycles. The summed E-state index contributed by atoms with van der Waals surface area (Å²) >= 11 is 0. The molecule has 0 N–H and O–H groups in total. The molecule has 1 saturated heterocycles. The van der Waals surface area contributed by atoms with Crippen molar-refractivity contribution >= 4 is 6.09 Å². The van der Waals surface area contributed by atoms with Gasteiger partial charge in [-0.2, -0.15) is 0 Å². The number of carbonyl (C=O) groups is 1. The molecule has 3 heteroatoms. The number of allylic oxidation sites excluding steroid dienone is 3. The highest BCUT2D eigenvalue weighted by Crippen LogP contribution is 2.25. The van der Waals surface area contributed by atoms with E-state index in [0.29, 0.717) is 0 Å². The van der Waals surface area contributed by atoms with E-state index in [0.717, 1.165) is 12.1 Å². The van der Waals surface area contributed by atoms with Crippen LogP contribution in [-0.2, 0) is 4.74 Å². The zero-order valence-electron chi connectivity index (χ0n) is 9.86. The molecule has 1 unspecified atom stereocenters. The van der Waals surface area contributed by atoms with E-state index in [9.17, 15) is 4.79 Å². The van der Waals surface area contributed by atoms with E-state index in [-0.39, 0.29) is 18.2 Å². The van der Waals surface area contributed by atoms with Gasteiger partial charge in [-0.05, 0) is 33.3 Å². The molecule has 0 aromatic carbocycles. The third kappa shape index (κ3) is 2.61. The van der Waals surface area contributed by atoms with E-state index in [1.165, 1.54) is 0 Å². The number of amides is 1. The van der Waals surface area contributed by atoms with E-state index in [1.807, 2.05) is 32.9 Å². The maximum Gasteiger partial charge on any atom is 0.415 e. The van der Waals surface area contributed by atoms with Gasteiger partial charge in [0.15, 0.2) is 0 Å². The van der Waals surface area contributed by atoms with Gasteiger partial charge in [0.05, 0.1) is 5.70 Å². The summed E-state index contributed by atoms with van der Waals surface area (Å²) < 4.78 is 5.16. The summed E-state index contributed by atoms with van der Waals surface area (Å²) in [6.07, 6.45) is 6.60. The number of hydrogen-bond acceptors (Lipinski definition) is 2. The molecule has 0 aliphatic carbocycles. The minimum Gasteiger partial charge on any atom is -0.440 e. The van der Waals surface area contributed by atoms with Crippen LogP contribution in [0.4, 0.5) is 4.79 Å². The van der Waals surface area contributed by atoms with Crippen molar-refractivity contribution in [1.82, 2.24) is 4.90 Å². The highest BCUT2D eigenvalue weighted by Gasteiger charge is 2.34. The second-order valence-corrected chi connectivity index (χ2v) is 3.92. The first kappa shape index (κ1) is 11.8. The number of nitrogens with zero attached hydrogens (tertiary/aromatic N) is 1. The lowest BCUT2D eigenvalue weighted by Gasteiger charge is -2.19. The molecule has 0 radical (unpaired) electrons. The van der Waals surface area contributed by atoms with Crippen molar-refractivity contribution in [3.05, 3.63) is 23.9 Å². The molecule has 15 heavy (non-hydrogen) atoms. The standard InChI is InChI=1S/C12H19NO2/c1-5-6-7-8-11-10(4)15-12(14)13(11)9(2)3/h6-10H,5H2,1-4H3/b7-6-,11-8+. The smallest absolute Gasteiger partial charge is 0.415 e. The summed E-state index contributed by atoms with van der Waals surface area (Å²) in [5.74, 6) is 0. The summed E-state index contributed by atoms with van der Waals surface area (Å²) in [6, 6.07) is 0.142. The van der Waals surface area contributed by atoms with Crippen LogP contribution in [0.2, 0.25) is 0 Å². The molecular weight excluding hydrogens is 190 g/mol. The molecule has 1 rings (SSSR count). The van der Waals surface area contributed by atoms with Gasteiger partial charge in [0.2, 0.25) is 0 Å². The van der Waals surface area contributed by atoms with E-state index in [2.05, 4.69) is 13.0 Å². The summed E-state index contributed by atoms with van der Waals surface area (Å²) in [7, 11) is 0. The fourth-order valence-electron chi connectivity index (χ4n) is 1.60. The molecule has 0 spiro atoms. The second-order valence-electron chi connectivity index (χ2n) is 3.92. The maximum atomic E-state index is 11.5. The molecule has 3 nitrogen and oxygen atoms in total. The first-order valence-electron chi connectivity index (χ1n) is 5.44. The first-order valence-corrected chi connectivity index (χ1v) is 5.44. The van der Waals surface area contributed by atoms with E-state index in [1.54, 1.807) is 4.90 Å². The molecule has 0 aromatic heterocycles. The molecule has 1 atom stereocenters. The van der Waals surface area contributed by atoms with Crippen LogP contribution < -0.4 is 0 Å². The summed E-state index contributed by atoms with van der Waals surface area (Å²) in [5, 5.41) is 0. The second kappa shape index (κ2) is 5.01. The Morgan fingerprint density at radius 3 is 2.73 bits per heavy atom. The van der Waals surface area contributed by atoms with Crippen molar-refractivity contribution in [3.8, 4) is 0 Å². The highest BCUT2D eigenvalue weighted by molar-refractivity contribution is 5.74. The molecule has 0 bridgehead atoms. The van der Waals surface area contributed by atoms with Crippen LogP contribution in [0.1, 0.15) is 34.1 Å². The minimum absolute atomic E-state index is 0.138. The fraction of sp³-hybridized carbons (Fsp3) is 0.583. The Labute approximate surface area is 91.4 Å². The number of carbonyl (C=O) groups excluding carboxylic acids is 1. The lowest BCUT2D eigenvalue weighted by Crippen LogP contribution is -2.30. The molecule has 0 aromatic rings. The molecular formula is C12H19NO2. The third-order valence-corrected chi connectivity index (χ3v) is 2.32. The van der Waals surface area contributed by atoms with Gasteiger partial charge in [-0.3, -0.25) is 4.90 Å². The Bertz CT molecular complexity index is 292. The van der Waals surface area contributed by atoms with Crippen molar-refractivity contribution in [1.29, 1.82) is 0 Å². The van der Waals surface area contributed by atoms with E-state index >= 15 is 0 Å². The zero-order valence-corrected chi connectivity index (χ0v) is 9.86. The van der Waals surface area contributed by atoms with Crippen molar-refractivity contribution < 1.29 is 9.53 Å². The van der Waals surface area contributed by atoms with Gasteiger partial charge in [0.25, 0.3) is 0 Å². The summed E-state index contributed by atoms with van der Waals surface area (Å²) in [4.78, 5) is 13.2. The van der Waals surface area contributed by atoms with Crippen LogP contribution >= 0.6 is 0 Å². The molecule has 84 valence electrons. The SMILES string of the molecule is CC/C=C\C=C1/C(C)OC(=O)N1C(C)C. The molecule has 1 fully saturated rings. The number of ether oxygens (including phenoxy) is 1. The average molecular weight is 209 g/mol. The van der Waals surface area contributed by atoms with Crippen molar-refractivity contribution in [3.63, 3.8) is 0 Å². The Morgan fingerprint density at radius 2 is 2.20 bits per heavy atom. The Balaban J connectivity index is 2.88. The van der Waals surface area contributed by atoms with Gasteiger partial charge in [-0.25, -0.2) is 4.79 Å². The monoisotopic (exact) mass is 209 g/mol. The van der Waals surface area contributed by atoms with E-state index in [4.69, 9.17) is 4.74 Å². The van der Waals surface area contributed by atoms with Crippen LogP contribution in [0.15, 0.2) is 23.9 Å². The van der Waals surface area contributed by atoms with Crippen LogP contribution in [0.25, 0.3) is 0 Å². The van der Waals surface area contributed by atoms with Crippen LogP contribution in [-0.4, -0.2) is 23.1 Å². The van der Waals surface area contributed by atoms with Crippen molar-refractivity contribution in [2.75, 3.05) is 0 Å². The van der Waals surface area contributed by atoms with Gasteiger partial charge < -0.3 is 4.74 Å². The number of rotatable bonds is 3. The minimum atomic E-state index is -0.242. The van der Waals surface area contributed by atoms with E-state index < -0.39 is 0 Å². The van der Waals surface area contributed by atoms with Crippen LogP contribution in [0.3, 0.4) is 0 Å². The normalized spacial score (nSPS) is 24.6. The molecule has 1 aliphatic rings. The van der Waals surface area contributed by atoms with Crippen molar-refractivity contribution in [2.24, 2.45) is 0 Å². The predicted molar refractivity (Wildman–Crippen MR) is 60.4 cm³/mol. The number of cyclic esters (lactones) is 1. The van der Waals surface area contributed by atoms with Gasteiger partial charge in [0.1, 0.15) is 6.10 Å². The van der Waals surface area contributed by atoms with Gasteiger partial charge >= 0.3 is 6.09 Å². The fourth-order valence-corrected chi connectivity index (χ4v) is 1.60. The number of hydrogen-bond donors (Lipinski definition) is 0. The van der Waals surface area contributed by atoms with Crippen LogP contribution in [0, 0.1) is 0 Å². The predicted octanol–water partition coefficient (Wildman–Crippen LogP) is 3.09. The lowest BCUT2D eigenvalue weighted by molar-refractivity contribution is 0.135. The maximum absolute atomic E-state index is 11.5.